The van der Waals surface area contributed by atoms with Gasteiger partial charge in [0.25, 0.3) is 5.56 Å². The lowest BCUT2D eigenvalue weighted by atomic mass is 9.78. The van der Waals surface area contributed by atoms with Gasteiger partial charge in [-0.25, -0.2) is 4.98 Å². The number of hydrogen-bond donors (Lipinski definition) is 0. The van der Waals surface area contributed by atoms with Crippen LogP contribution in [-0.2, 0) is 15.9 Å². The van der Waals surface area contributed by atoms with Gasteiger partial charge in [-0.05, 0) is 46.1 Å². The van der Waals surface area contributed by atoms with E-state index in [-0.39, 0.29) is 5.56 Å². The average Bonchev–Trinajstić information content (AvgIpc) is 2.78. The Kier molecular flexibility index (Phi) is 4.71. The SMILES string of the molecule is COc1ccc(B2OC(C)(C)C(C)(C)O2)cc1Cn1cnc(C)cc1=O. The molecule has 0 aliphatic carbocycles. The predicted octanol–water partition coefficient (Wildman–Crippen LogP) is 1.91. The normalized spacial score (nSPS) is 18.2. The van der Waals surface area contributed by atoms with E-state index in [1.165, 1.54) is 6.07 Å². The van der Waals surface area contributed by atoms with Crippen LogP contribution in [0.5, 0.6) is 5.75 Å². The minimum Gasteiger partial charge on any atom is -0.496 e. The summed E-state index contributed by atoms with van der Waals surface area (Å²) in [5, 5.41) is 0. The second kappa shape index (κ2) is 6.56. The first kappa shape index (κ1) is 18.7. The molecule has 1 fully saturated rings. The molecule has 0 atom stereocenters. The van der Waals surface area contributed by atoms with Crippen LogP contribution in [0.4, 0.5) is 0 Å². The van der Waals surface area contributed by atoms with E-state index in [1.54, 1.807) is 24.9 Å². The van der Waals surface area contributed by atoms with E-state index in [2.05, 4.69) is 4.98 Å². The summed E-state index contributed by atoms with van der Waals surface area (Å²) >= 11 is 0. The van der Waals surface area contributed by atoms with E-state index < -0.39 is 18.3 Å². The molecule has 1 aromatic heterocycles. The molecule has 0 amide bonds. The van der Waals surface area contributed by atoms with Gasteiger partial charge in [0.15, 0.2) is 0 Å². The zero-order chi connectivity index (χ0) is 19.1. The Hall–Kier alpha value is -2.12. The molecule has 6 nitrogen and oxygen atoms in total. The van der Waals surface area contributed by atoms with Crippen molar-refractivity contribution in [3.63, 3.8) is 0 Å². The Morgan fingerprint density at radius 1 is 1.15 bits per heavy atom. The number of aryl methyl sites for hydroxylation is 1. The monoisotopic (exact) mass is 356 g/mol. The number of aromatic nitrogens is 2. The first-order valence-electron chi connectivity index (χ1n) is 8.68. The van der Waals surface area contributed by atoms with Gasteiger partial charge in [0, 0.05) is 17.3 Å². The molecule has 0 spiro atoms. The summed E-state index contributed by atoms with van der Waals surface area (Å²) in [4.78, 5) is 16.4. The Bertz CT molecular complexity index is 860. The summed E-state index contributed by atoms with van der Waals surface area (Å²) in [6, 6.07) is 7.29. The molecule has 0 unspecified atom stereocenters. The van der Waals surface area contributed by atoms with Gasteiger partial charge in [-0.15, -0.1) is 0 Å². The highest BCUT2D eigenvalue weighted by Crippen LogP contribution is 2.36. The van der Waals surface area contributed by atoms with E-state index >= 15 is 0 Å². The van der Waals surface area contributed by atoms with Crippen LogP contribution < -0.4 is 15.8 Å². The minimum atomic E-state index is -0.461. The molecule has 7 heteroatoms. The molecule has 1 aliphatic heterocycles. The molecule has 1 aromatic carbocycles. The van der Waals surface area contributed by atoms with Gasteiger partial charge in [0.1, 0.15) is 5.75 Å². The third-order valence-corrected chi connectivity index (χ3v) is 5.19. The second-order valence-corrected chi connectivity index (χ2v) is 7.66. The Balaban J connectivity index is 1.94. The number of ether oxygens (including phenoxy) is 1. The largest absolute Gasteiger partial charge is 0.496 e. The Morgan fingerprint density at radius 2 is 1.81 bits per heavy atom. The van der Waals surface area contributed by atoms with Gasteiger partial charge in [0.2, 0.25) is 0 Å². The summed E-state index contributed by atoms with van der Waals surface area (Å²) in [5.41, 5.74) is 1.55. The fraction of sp³-hybridized carbons (Fsp3) is 0.474. The van der Waals surface area contributed by atoms with Crippen molar-refractivity contribution in [1.82, 2.24) is 9.55 Å². The van der Waals surface area contributed by atoms with E-state index in [9.17, 15) is 4.79 Å². The van der Waals surface area contributed by atoms with Crippen LogP contribution in [0.2, 0.25) is 0 Å². The first-order chi connectivity index (χ1) is 12.1. The lowest BCUT2D eigenvalue weighted by Gasteiger charge is -2.32. The molecule has 2 heterocycles. The van der Waals surface area contributed by atoms with Crippen LogP contribution in [0.1, 0.15) is 39.0 Å². The molecule has 138 valence electrons. The second-order valence-electron chi connectivity index (χ2n) is 7.66. The molecule has 3 rings (SSSR count). The molecule has 0 bridgehead atoms. The van der Waals surface area contributed by atoms with Gasteiger partial charge in [-0.2, -0.15) is 0 Å². The third-order valence-electron chi connectivity index (χ3n) is 5.19. The molecule has 0 N–H and O–H groups in total. The topological polar surface area (TPSA) is 62.6 Å². The third kappa shape index (κ3) is 3.41. The lowest BCUT2D eigenvalue weighted by Crippen LogP contribution is -2.41. The molecule has 1 saturated heterocycles. The van der Waals surface area contributed by atoms with Crippen LogP contribution in [0.3, 0.4) is 0 Å². The Labute approximate surface area is 154 Å². The van der Waals surface area contributed by atoms with Gasteiger partial charge >= 0.3 is 7.12 Å². The molecule has 2 aromatic rings. The summed E-state index contributed by atoms with van der Waals surface area (Å²) in [6.45, 7) is 10.3. The number of methoxy groups -OCH3 is 1. The fourth-order valence-corrected chi connectivity index (χ4v) is 2.87. The van der Waals surface area contributed by atoms with E-state index in [4.69, 9.17) is 14.0 Å². The molecule has 0 saturated carbocycles. The van der Waals surface area contributed by atoms with Crippen molar-refractivity contribution in [2.24, 2.45) is 0 Å². The zero-order valence-corrected chi connectivity index (χ0v) is 16.2. The van der Waals surface area contributed by atoms with Gasteiger partial charge in [-0.3, -0.25) is 9.36 Å². The van der Waals surface area contributed by atoms with Crippen molar-refractivity contribution in [2.75, 3.05) is 7.11 Å². The number of rotatable bonds is 4. The first-order valence-corrected chi connectivity index (χ1v) is 8.68. The maximum atomic E-state index is 12.2. The highest BCUT2D eigenvalue weighted by molar-refractivity contribution is 6.62. The van der Waals surface area contributed by atoms with Crippen LogP contribution in [0.15, 0.2) is 35.4 Å². The van der Waals surface area contributed by atoms with Crippen molar-refractivity contribution in [1.29, 1.82) is 0 Å². The van der Waals surface area contributed by atoms with Crippen LogP contribution in [-0.4, -0.2) is 35.0 Å². The maximum Gasteiger partial charge on any atom is 0.494 e. The number of hydrogen-bond acceptors (Lipinski definition) is 5. The summed E-state index contributed by atoms with van der Waals surface area (Å²) in [5.74, 6) is 0.706. The minimum absolute atomic E-state index is 0.0967. The zero-order valence-electron chi connectivity index (χ0n) is 16.2. The number of benzene rings is 1. The van der Waals surface area contributed by atoms with E-state index in [0.29, 0.717) is 18.0 Å². The van der Waals surface area contributed by atoms with Gasteiger partial charge in [0.05, 0.1) is 31.2 Å². The van der Waals surface area contributed by atoms with Crippen molar-refractivity contribution in [3.05, 3.63) is 52.2 Å². The number of nitrogens with zero attached hydrogens (tertiary/aromatic N) is 2. The smallest absolute Gasteiger partial charge is 0.494 e. The van der Waals surface area contributed by atoms with Crippen molar-refractivity contribution in [3.8, 4) is 5.75 Å². The Morgan fingerprint density at radius 3 is 2.38 bits per heavy atom. The molecular formula is C19H25BN2O4. The van der Waals surface area contributed by atoms with E-state index in [0.717, 1.165) is 11.0 Å². The van der Waals surface area contributed by atoms with Gasteiger partial charge < -0.3 is 14.0 Å². The highest BCUT2D eigenvalue weighted by atomic mass is 16.7. The predicted molar refractivity (Wildman–Crippen MR) is 101 cm³/mol. The quantitative estimate of drug-likeness (QED) is 0.784. The summed E-state index contributed by atoms with van der Waals surface area (Å²) in [7, 11) is 1.15. The standard InChI is InChI=1S/C19H25BN2O4/c1-13-9-17(23)22(12-21-13)11-14-10-15(7-8-16(14)24-6)20-25-18(2,3)19(4,5)26-20/h7-10,12H,11H2,1-6H3. The van der Waals surface area contributed by atoms with Crippen molar-refractivity contribution >= 4 is 12.6 Å². The van der Waals surface area contributed by atoms with Crippen molar-refractivity contribution in [2.45, 2.75) is 52.4 Å². The van der Waals surface area contributed by atoms with Crippen LogP contribution in [0.25, 0.3) is 0 Å². The van der Waals surface area contributed by atoms with Crippen LogP contribution in [0, 0.1) is 6.92 Å². The van der Waals surface area contributed by atoms with E-state index in [1.807, 2.05) is 45.9 Å². The lowest BCUT2D eigenvalue weighted by molar-refractivity contribution is 0.00578. The average molecular weight is 356 g/mol. The molecule has 26 heavy (non-hydrogen) atoms. The molecule has 0 radical (unpaired) electrons. The molecular weight excluding hydrogens is 331 g/mol. The van der Waals surface area contributed by atoms with Gasteiger partial charge in [-0.1, -0.05) is 12.1 Å². The fourth-order valence-electron chi connectivity index (χ4n) is 2.87. The maximum absolute atomic E-state index is 12.2. The summed E-state index contributed by atoms with van der Waals surface area (Å²) < 4.78 is 19.3. The summed E-state index contributed by atoms with van der Waals surface area (Å²) in [6.07, 6.45) is 1.55. The van der Waals surface area contributed by atoms with Crippen LogP contribution >= 0.6 is 0 Å². The van der Waals surface area contributed by atoms with Crippen molar-refractivity contribution < 1.29 is 14.0 Å². The molecule has 1 aliphatic rings. The highest BCUT2D eigenvalue weighted by Gasteiger charge is 2.51.